The van der Waals surface area contributed by atoms with Gasteiger partial charge in [0, 0.05) is 16.2 Å². The first-order valence-electron chi connectivity index (χ1n) is 6.24. The summed E-state index contributed by atoms with van der Waals surface area (Å²) < 4.78 is 0.613. The predicted molar refractivity (Wildman–Crippen MR) is 83.6 cm³/mol. The Labute approximate surface area is 129 Å². The van der Waals surface area contributed by atoms with E-state index in [2.05, 4.69) is 26.6 Å². The molecule has 1 aromatic carbocycles. The van der Waals surface area contributed by atoms with E-state index in [9.17, 15) is 9.59 Å². The van der Waals surface area contributed by atoms with E-state index in [1.165, 1.54) is 12.1 Å². The lowest BCUT2D eigenvalue weighted by atomic mass is 10.1. The highest BCUT2D eigenvalue weighted by Crippen LogP contribution is 2.20. The number of halogens is 1. The van der Waals surface area contributed by atoms with Crippen LogP contribution in [0.5, 0.6) is 0 Å². The monoisotopic (exact) mass is 358 g/mol. The molecule has 3 N–H and O–H groups in total. The fraction of sp³-hybridized carbons (Fsp3) is 0.385. The van der Waals surface area contributed by atoms with Gasteiger partial charge < -0.3 is 15.7 Å². The molecule has 0 saturated carbocycles. The number of anilines is 1. The quantitative estimate of drug-likeness (QED) is 0.775. The van der Waals surface area contributed by atoms with Crippen molar-refractivity contribution < 1.29 is 14.7 Å². The SMILES string of the molecule is O=C(Nc1cc(Br)cc(C(=O)O)c1)NC1CCSCC1. The Kier molecular flexibility index (Phi) is 5.31. The second-order valence-corrected chi connectivity index (χ2v) is 6.66. The third-order valence-corrected chi connectivity index (χ3v) is 4.47. The second kappa shape index (κ2) is 6.99. The average Bonchev–Trinajstić information content (AvgIpc) is 2.38. The summed E-state index contributed by atoms with van der Waals surface area (Å²) in [5, 5.41) is 14.6. The molecule has 108 valence electrons. The summed E-state index contributed by atoms with van der Waals surface area (Å²) in [6.45, 7) is 0. The number of nitrogens with one attached hydrogen (secondary N) is 2. The number of aromatic carboxylic acids is 1. The van der Waals surface area contributed by atoms with Gasteiger partial charge in [0.05, 0.1) is 5.56 Å². The molecule has 1 fully saturated rings. The number of hydrogen-bond donors (Lipinski definition) is 3. The first kappa shape index (κ1) is 15.2. The zero-order valence-electron chi connectivity index (χ0n) is 10.7. The minimum absolute atomic E-state index is 0.128. The summed E-state index contributed by atoms with van der Waals surface area (Å²) in [4.78, 5) is 22.8. The van der Waals surface area contributed by atoms with Crippen LogP contribution >= 0.6 is 27.7 Å². The van der Waals surface area contributed by atoms with E-state index in [0.29, 0.717) is 10.2 Å². The fourth-order valence-corrected chi connectivity index (χ4v) is 3.58. The smallest absolute Gasteiger partial charge is 0.335 e. The highest BCUT2D eigenvalue weighted by atomic mass is 79.9. The van der Waals surface area contributed by atoms with Gasteiger partial charge in [0.15, 0.2) is 0 Å². The van der Waals surface area contributed by atoms with Gasteiger partial charge in [-0.2, -0.15) is 11.8 Å². The molecule has 20 heavy (non-hydrogen) atoms. The molecule has 0 spiro atoms. The van der Waals surface area contributed by atoms with Crippen molar-refractivity contribution in [3.8, 4) is 0 Å². The van der Waals surface area contributed by atoms with Crippen LogP contribution < -0.4 is 10.6 Å². The van der Waals surface area contributed by atoms with Gasteiger partial charge in [0.1, 0.15) is 0 Å². The predicted octanol–water partition coefficient (Wildman–Crippen LogP) is 3.16. The van der Waals surface area contributed by atoms with Crippen LogP contribution in [0, 0.1) is 0 Å². The van der Waals surface area contributed by atoms with Gasteiger partial charge in [0.25, 0.3) is 0 Å². The minimum Gasteiger partial charge on any atom is -0.478 e. The Balaban J connectivity index is 1.98. The van der Waals surface area contributed by atoms with Crippen molar-refractivity contribution in [3.63, 3.8) is 0 Å². The summed E-state index contributed by atoms with van der Waals surface area (Å²) in [7, 11) is 0. The van der Waals surface area contributed by atoms with Crippen LogP contribution in [0.3, 0.4) is 0 Å². The van der Waals surface area contributed by atoms with Crippen LogP contribution in [0.4, 0.5) is 10.5 Å². The highest BCUT2D eigenvalue weighted by Gasteiger charge is 2.16. The van der Waals surface area contributed by atoms with E-state index in [1.807, 2.05) is 11.8 Å². The number of carboxylic acid groups (broad SMARTS) is 1. The lowest BCUT2D eigenvalue weighted by molar-refractivity contribution is 0.0697. The molecule has 0 bridgehead atoms. The standard InChI is InChI=1S/C13H15BrN2O3S/c14-9-5-8(12(17)18)6-11(7-9)16-13(19)15-10-1-3-20-4-2-10/h5-7,10H,1-4H2,(H,17,18)(H2,15,16,19). The van der Waals surface area contributed by atoms with E-state index in [4.69, 9.17) is 5.11 Å². The fourth-order valence-electron chi connectivity index (χ4n) is 1.98. The van der Waals surface area contributed by atoms with Crippen molar-refractivity contribution in [2.45, 2.75) is 18.9 Å². The van der Waals surface area contributed by atoms with E-state index >= 15 is 0 Å². The Morgan fingerprint density at radius 1 is 1.25 bits per heavy atom. The Hall–Kier alpha value is -1.21. The van der Waals surface area contributed by atoms with Crippen molar-refractivity contribution in [3.05, 3.63) is 28.2 Å². The van der Waals surface area contributed by atoms with Crippen LogP contribution in [-0.4, -0.2) is 34.7 Å². The lowest BCUT2D eigenvalue weighted by Crippen LogP contribution is -2.40. The van der Waals surface area contributed by atoms with Crippen LogP contribution in [0.1, 0.15) is 23.2 Å². The Morgan fingerprint density at radius 3 is 2.60 bits per heavy atom. The lowest BCUT2D eigenvalue weighted by Gasteiger charge is -2.22. The van der Waals surface area contributed by atoms with E-state index in [1.54, 1.807) is 6.07 Å². The molecule has 0 unspecified atom stereocenters. The molecule has 1 aromatic rings. The van der Waals surface area contributed by atoms with E-state index < -0.39 is 5.97 Å². The molecule has 0 aliphatic carbocycles. The molecule has 1 aliphatic rings. The molecular formula is C13H15BrN2O3S. The summed E-state index contributed by atoms with van der Waals surface area (Å²) >= 11 is 5.13. The highest BCUT2D eigenvalue weighted by molar-refractivity contribution is 9.10. The van der Waals surface area contributed by atoms with Crippen LogP contribution in [0.15, 0.2) is 22.7 Å². The van der Waals surface area contributed by atoms with Gasteiger partial charge in [-0.15, -0.1) is 0 Å². The molecule has 0 radical (unpaired) electrons. The summed E-state index contributed by atoms with van der Waals surface area (Å²) in [5.74, 6) is 1.09. The van der Waals surface area contributed by atoms with Crippen LogP contribution in [0.2, 0.25) is 0 Å². The molecule has 0 aromatic heterocycles. The first-order valence-corrected chi connectivity index (χ1v) is 8.18. The number of rotatable bonds is 3. The largest absolute Gasteiger partial charge is 0.478 e. The van der Waals surface area contributed by atoms with Gasteiger partial charge in [-0.25, -0.2) is 9.59 Å². The van der Waals surface area contributed by atoms with Gasteiger partial charge >= 0.3 is 12.0 Å². The first-order chi connectivity index (χ1) is 9.54. The molecule has 5 nitrogen and oxygen atoms in total. The topological polar surface area (TPSA) is 78.4 Å². The van der Waals surface area contributed by atoms with E-state index in [0.717, 1.165) is 24.3 Å². The molecular weight excluding hydrogens is 344 g/mol. The summed E-state index contributed by atoms with van der Waals surface area (Å²) in [5.41, 5.74) is 0.586. The number of carbonyl (C=O) groups is 2. The second-order valence-electron chi connectivity index (χ2n) is 4.52. The third-order valence-electron chi connectivity index (χ3n) is 2.96. The third kappa shape index (κ3) is 4.42. The Bertz CT molecular complexity index is 518. The molecule has 2 amide bonds. The zero-order chi connectivity index (χ0) is 14.5. The van der Waals surface area contributed by atoms with Gasteiger partial charge in [0.2, 0.25) is 0 Å². The van der Waals surface area contributed by atoms with Gasteiger partial charge in [-0.05, 0) is 42.5 Å². The number of amides is 2. The van der Waals surface area contributed by atoms with Crippen molar-refractivity contribution in [1.82, 2.24) is 5.32 Å². The summed E-state index contributed by atoms with van der Waals surface area (Å²) in [6.07, 6.45) is 1.94. The van der Waals surface area contributed by atoms with Crippen LogP contribution in [0.25, 0.3) is 0 Å². The number of carbonyl (C=O) groups excluding carboxylic acids is 1. The number of hydrogen-bond acceptors (Lipinski definition) is 3. The maximum Gasteiger partial charge on any atom is 0.335 e. The molecule has 7 heteroatoms. The molecule has 0 atom stereocenters. The van der Waals surface area contributed by atoms with Crippen molar-refractivity contribution in [2.24, 2.45) is 0 Å². The maximum atomic E-state index is 11.9. The molecule has 1 aliphatic heterocycles. The van der Waals surface area contributed by atoms with Crippen LogP contribution in [-0.2, 0) is 0 Å². The average molecular weight is 359 g/mol. The zero-order valence-corrected chi connectivity index (χ0v) is 13.1. The van der Waals surface area contributed by atoms with Gasteiger partial charge in [-0.1, -0.05) is 15.9 Å². The molecule has 2 rings (SSSR count). The number of thioether (sulfide) groups is 1. The van der Waals surface area contributed by atoms with E-state index in [-0.39, 0.29) is 17.6 Å². The number of benzene rings is 1. The van der Waals surface area contributed by atoms with Crippen molar-refractivity contribution in [2.75, 3.05) is 16.8 Å². The Morgan fingerprint density at radius 2 is 1.95 bits per heavy atom. The van der Waals surface area contributed by atoms with Crippen molar-refractivity contribution in [1.29, 1.82) is 0 Å². The molecule has 1 heterocycles. The maximum absolute atomic E-state index is 11.9. The minimum atomic E-state index is -1.03. The van der Waals surface area contributed by atoms with Crippen molar-refractivity contribution >= 4 is 45.4 Å². The molecule has 1 saturated heterocycles. The summed E-state index contributed by atoms with van der Waals surface area (Å²) in [6, 6.07) is 4.49. The van der Waals surface area contributed by atoms with Gasteiger partial charge in [-0.3, -0.25) is 0 Å². The number of carboxylic acids is 1. The normalized spacial score (nSPS) is 15.7. The number of urea groups is 1.